The van der Waals surface area contributed by atoms with Crippen molar-refractivity contribution in [3.05, 3.63) is 242 Å². The summed E-state index contributed by atoms with van der Waals surface area (Å²) in [5.41, 5.74) is 14.4. The molecule has 9 aromatic rings. The summed E-state index contributed by atoms with van der Waals surface area (Å²) in [7, 11) is 0. The molecule has 57 heavy (non-hydrogen) atoms. The van der Waals surface area contributed by atoms with Gasteiger partial charge >= 0.3 is 0 Å². The second-order valence-corrected chi connectivity index (χ2v) is 14.9. The molecule has 0 fully saturated rings. The molecular weight excluding hydrogens is 687 g/mol. The van der Waals surface area contributed by atoms with E-state index in [1.807, 2.05) is 0 Å². The summed E-state index contributed by atoms with van der Waals surface area (Å²) in [5, 5.41) is 5.00. The molecule has 0 spiro atoms. The van der Waals surface area contributed by atoms with Crippen LogP contribution in [0.4, 0.5) is 17.1 Å². The molecule has 0 saturated carbocycles. The summed E-state index contributed by atoms with van der Waals surface area (Å²) in [5.74, 6) is 0.414. The number of hydrogen-bond acceptors (Lipinski definition) is 1. The van der Waals surface area contributed by atoms with Crippen molar-refractivity contribution < 1.29 is 0 Å². The summed E-state index contributed by atoms with van der Waals surface area (Å²) in [4.78, 5) is 2.40. The van der Waals surface area contributed by atoms with Gasteiger partial charge in [0.1, 0.15) is 0 Å². The Kier molecular flexibility index (Phi) is 9.10. The van der Waals surface area contributed by atoms with E-state index in [2.05, 4.69) is 235 Å². The van der Waals surface area contributed by atoms with E-state index in [1.54, 1.807) is 0 Å². The highest BCUT2D eigenvalue weighted by atomic mass is 15.1. The molecule has 0 amide bonds. The van der Waals surface area contributed by atoms with Gasteiger partial charge in [0.15, 0.2) is 0 Å². The number of nitrogens with zero attached hydrogens (tertiary/aromatic N) is 1. The number of fused-ring (bicyclic) bond motifs is 2. The maximum absolute atomic E-state index is 2.40. The average Bonchev–Trinajstić information content (AvgIpc) is 3.30. The number of rotatable bonds is 8. The highest BCUT2D eigenvalue weighted by Crippen LogP contribution is 2.45. The van der Waals surface area contributed by atoms with Gasteiger partial charge in [-0.05, 0) is 121 Å². The Labute approximate surface area is 335 Å². The molecule has 0 heterocycles. The molecule has 1 atom stereocenters. The molecule has 10 rings (SSSR count). The summed E-state index contributed by atoms with van der Waals surface area (Å²) >= 11 is 0. The first kappa shape index (κ1) is 34.3. The van der Waals surface area contributed by atoms with Crippen LogP contribution < -0.4 is 4.90 Å². The SMILES string of the molecule is C1=CC(c2ccccc2)CC=C1c1ccc(N(c2ccc(-c3ccccc3)cc2)c2ccc(-c3c4ccccc4cc4ccccc34)c(-c3ccccc3)c2)cc1. The topological polar surface area (TPSA) is 3.24 Å². The monoisotopic (exact) mass is 727 g/mol. The van der Waals surface area contributed by atoms with Crippen LogP contribution in [0.25, 0.3) is 60.5 Å². The van der Waals surface area contributed by atoms with Crippen molar-refractivity contribution in [2.45, 2.75) is 12.3 Å². The van der Waals surface area contributed by atoms with Crippen molar-refractivity contribution in [2.75, 3.05) is 4.90 Å². The lowest BCUT2D eigenvalue weighted by Crippen LogP contribution is -2.10. The third-order valence-corrected chi connectivity index (χ3v) is 11.4. The molecule has 1 nitrogen and oxygen atoms in total. The van der Waals surface area contributed by atoms with Crippen molar-refractivity contribution in [3.8, 4) is 33.4 Å². The second kappa shape index (κ2) is 15.1. The van der Waals surface area contributed by atoms with Crippen molar-refractivity contribution in [1.29, 1.82) is 0 Å². The van der Waals surface area contributed by atoms with E-state index < -0.39 is 0 Å². The average molecular weight is 728 g/mol. The quantitative estimate of drug-likeness (QED) is 0.141. The van der Waals surface area contributed by atoms with Crippen LogP contribution in [0.15, 0.2) is 231 Å². The molecule has 1 heteroatoms. The van der Waals surface area contributed by atoms with E-state index in [4.69, 9.17) is 0 Å². The van der Waals surface area contributed by atoms with Crippen LogP contribution in [0.3, 0.4) is 0 Å². The molecule has 1 aliphatic rings. The van der Waals surface area contributed by atoms with Crippen LogP contribution in [0.2, 0.25) is 0 Å². The van der Waals surface area contributed by atoms with E-state index >= 15 is 0 Å². The van der Waals surface area contributed by atoms with Crippen molar-refractivity contribution in [1.82, 2.24) is 0 Å². The molecular formula is C56H41N. The number of hydrogen-bond donors (Lipinski definition) is 0. The molecule has 0 radical (unpaired) electrons. The van der Waals surface area contributed by atoms with E-state index in [1.165, 1.54) is 71.6 Å². The summed E-state index contributed by atoms with van der Waals surface area (Å²) < 4.78 is 0. The maximum atomic E-state index is 2.40. The van der Waals surface area contributed by atoms with E-state index in [9.17, 15) is 0 Å². The number of allylic oxidation sites excluding steroid dienone is 4. The van der Waals surface area contributed by atoms with E-state index in [0.29, 0.717) is 5.92 Å². The Bertz CT molecular complexity index is 2830. The Morgan fingerprint density at radius 1 is 0.386 bits per heavy atom. The first-order valence-electron chi connectivity index (χ1n) is 19.9. The first-order chi connectivity index (χ1) is 28.3. The molecule has 0 aliphatic heterocycles. The lowest BCUT2D eigenvalue weighted by molar-refractivity contribution is 0.856. The fourth-order valence-electron chi connectivity index (χ4n) is 8.52. The smallest absolute Gasteiger partial charge is 0.0468 e. The van der Waals surface area contributed by atoms with Gasteiger partial charge in [-0.1, -0.05) is 188 Å². The van der Waals surface area contributed by atoms with Crippen LogP contribution >= 0.6 is 0 Å². The fourth-order valence-corrected chi connectivity index (χ4v) is 8.52. The summed E-state index contributed by atoms with van der Waals surface area (Å²) in [6.07, 6.45) is 8.02. The lowest BCUT2D eigenvalue weighted by atomic mass is 9.87. The van der Waals surface area contributed by atoms with Crippen LogP contribution in [0.1, 0.15) is 23.5 Å². The largest absolute Gasteiger partial charge is 0.310 e. The standard InChI is InChI=1S/C56H41N/c1-4-14-40(15-5-1)42-24-26-43(27-25-42)45-30-34-50(35-31-45)57(49-32-28-44(29-33-49)41-16-6-2-7-17-41)51-36-37-54(55(39-51)46-18-8-3-9-19-46)56-52-22-12-10-20-47(52)38-48-21-11-13-23-53(48)56/h1-24,26-39,42H,25H2. The van der Waals surface area contributed by atoms with Gasteiger partial charge in [-0.3, -0.25) is 0 Å². The Morgan fingerprint density at radius 3 is 1.49 bits per heavy atom. The van der Waals surface area contributed by atoms with Gasteiger partial charge in [-0.25, -0.2) is 0 Å². The van der Waals surface area contributed by atoms with Crippen LogP contribution in [0.5, 0.6) is 0 Å². The van der Waals surface area contributed by atoms with Gasteiger partial charge in [0.25, 0.3) is 0 Å². The van der Waals surface area contributed by atoms with Crippen molar-refractivity contribution in [3.63, 3.8) is 0 Å². The Hall–Kier alpha value is -7.22. The maximum Gasteiger partial charge on any atom is 0.0468 e. The predicted octanol–water partition coefficient (Wildman–Crippen LogP) is 15.6. The second-order valence-electron chi connectivity index (χ2n) is 14.9. The third kappa shape index (κ3) is 6.75. The lowest BCUT2D eigenvalue weighted by Gasteiger charge is -2.27. The zero-order chi connectivity index (χ0) is 38.0. The zero-order valence-corrected chi connectivity index (χ0v) is 31.7. The van der Waals surface area contributed by atoms with Crippen molar-refractivity contribution >= 4 is 44.2 Å². The molecule has 1 unspecified atom stereocenters. The van der Waals surface area contributed by atoms with E-state index in [-0.39, 0.29) is 0 Å². The van der Waals surface area contributed by atoms with Crippen molar-refractivity contribution in [2.24, 2.45) is 0 Å². The Balaban J connectivity index is 1.10. The van der Waals surface area contributed by atoms with Gasteiger partial charge in [-0.15, -0.1) is 0 Å². The molecule has 1 aliphatic carbocycles. The van der Waals surface area contributed by atoms with Gasteiger partial charge in [0.05, 0.1) is 0 Å². The molecule has 270 valence electrons. The normalized spacial score (nSPS) is 13.8. The minimum Gasteiger partial charge on any atom is -0.310 e. The zero-order valence-electron chi connectivity index (χ0n) is 31.7. The first-order valence-corrected chi connectivity index (χ1v) is 19.9. The van der Waals surface area contributed by atoms with E-state index in [0.717, 1.165) is 23.5 Å². The predicted molar refractivity (Wildman–Crippen MR) is 243 cm³/mol. The van der Waals surface area contributed by atoms with Gasteiger partial charge < -0.3 is 4.90 Å². The molecule has 0 aromatic heterocycles. The minimum atomic E-state index is 0.414. The van der Waals surface area contributed by atoms with Gasteiger partial charge in [0.2, 0.25) is 0 Å². The van der Waals surface area contributed by atoms with Gasteiger partial charge in [0, 0.05) is 23.0 Å². The Morgan fingerprint density at radius 2 is 0.895 bits per heavy atom. The number of anilines is 3. The fraction of sp³-hybridized carbons (Fsp3) is 0.0357. The molecule has 0 bridgehead atoms. The van der Waals surface area contributed by atoms with Crippen LogP contribution in [-0.4, -0.2) is 0 Å². The number of benzene rings is 9. The third-order valence-electron chi connectivity index (χ3n) is 11.4. The summed E-state index contributed by atoms with van der Waals surface area (Å²) in [6.45, 7) is 0. The highest BCUT2D eigenvalue weighted by molar-refractivity contribution is 6.14. The van der Waals surface area contributed by atoms with Crippen LogP contribution in [0, 0.1) is 0 Å². The van der Waals surface area contributed by atoms with Gasteiger partial charge in [-0.2, -0.15) is 0 Å². The molecule has 0 saturated heterocycles. The van der Waals surface area contributed by atoms with Crippen LogP contribution in [-0.2, 0) is 0 Å². The highest BCUT2D eigenvalue weighted by Gasteiger charge is 2.20. The summed E-state index contributed by atoms with van der Waals surface area (Å²) in [6, 6.07) is 77.2. The minimum absolute atomic E-state index is 0.414. The molecule has 9 aromatic carbocycles. The molecule has 0 N–H and O–H groups in total.